The van der Waals surface area contributed by atoms with E-state index in [-0.39, 0.29) is 24.3 Å². The van der Waals surface area contributed by atoms with E-state index in [4.69, 9.17) is 4.74 Å². The second-order valence-electron chi connectivity index (χ2n) is 7.47. The zero-order valence-corrected chi connectivity index (χ0v) is 17.1. The van der Waals surface area contributed by atoms with Gasteiger partial charge in [-0.2, -0.15) is 0 Å². The van der Waals surface area contributed by atoms with Crippen LogP contribution in [0.5, 0.6) is 5.75 Å². The normalized spacial score (nSPS) is 16.9. The highest BCUT2D eigenvalue weighted by molar-refractivity contribution is 5.79. The molecule has 29 heavy (non-hydrogen) atoms. The molecule has 2 amide bonds. The lowest BCUT2D eigenvalue weighted by atomic mass is 10.0. The van der Waals surface area contributed by atoms with Crippen LogP contribution in [0.15, 0.2) is 54.6 Å². The first-order chi connectivity index (χ1) is 14.0. The Morgan fingerprint density at radius 2 is 1.86 bits per heavy atom. The third-order valence-corrected chi connectivity index (χ3v) is 5.28. The van der Waals surface area contributed by atoms with Gasteiger partial charge >= 0.3 is 0 Å². The Morgan fingerprint density at radius 1 is 1.14 bits per heavy atom. The molecule has 1 aliphatic rings. The summed E-state index contributed by atoms with van der Waals surface area (Å²) in [5.41, 5.74) is 2.11. The molecule has 0 aromatic heterocycles. The van der Waals surface area contributed by atoms with Gasteiger partial charge in [0.15, 0.2) is 0 Å². The molecule has 0 radical (unpaired) electrons. The van der Waals surface area contributed by atoms with Gasteiger partial charge in [0.25, 0.3) is 0 Å². The Kier molecular flexibility index (Phi) is 7.11. The van der Waals surface area contributed by atoms with Gasteiger partial charge in [-0.1, -0.05) is 30.3 Å². The van der Waals surface area contributed by atoms with Gasteiger partial charge in [0.1, 0.15) is 5.75 Å². The average Bonchev–Trinajstić information content (AvgIpc) is 3.21. The average molecular weight is 396 g/mol. The number of hydrogen-bond acceptors (Lipinski definition) is 4. The van der Waals surface area contributed by atoms with Crippen LogP contribution in [0.25, 0.3) is 0 Å². The standard InChI is InChI=1S/C23H29N3O3/c1-17(27)25-22(19-8-10-21(29-2)11-9-19)14-23(28)24-15-18-12-13-26(16-18)20-6-4-3-5-7-20/h3-11,18,22H,12-16H2,1-2H3,(H,24,28)(H,25,27). The fourth-order valence-corrected chi connectivity index (χ4v) is 3.72. The van der Waals surface area contributed by atoms with E-state index in [2.05, 4.69) is 27.7 Å². The van der Waals surface area contributed by atoms with Crippen molar-refractivity contribution in [2.24, 2.45) is 5.92 Å². The molecule has 6 heteroatoms. The third-order valence-electron chi connectivity index (χ3n) is 5.28. The largest absolute Gasteiger partial charge is 0.497 e. The molecule has 1 heterocycles. The predicted molar refractivity (Wildman–Crippen MR) is 114 cm³/mol. The third kappa shape index (κ3) is 5.98. The lowest BCUT2D eigenvalue weighted by molar-refractivity contribution is -0.122. The summed E-state index contributed by atoms with van der Waals surface area (Å²) in [6, 6.07) is 17.4. The molecule has 3 rings (SSSR count). The summed E-state index contributed by atoms with van der Waals surface area (Å²) in [5, 5.41) is 5.92. The van der Waals surface area contributed by atoms with E-state index in [1.807, 2.05) is 42.5 Å². The second kappa shape index (κ2) is 9.96. The Morgan fingerprint density at radius 3 is 2.52 bits per heavy atom. The van der Waals surface area contributed by atoms with Crippen molar-refractivity contribution in [1.29, 1.82) is 0 Å². The summed E-state index contributed by atoms with van der Waals surface area (Å²) in [6.45, 7) is 4.06. The number of carbonyl (C=O) groups excluding carboxylic acids is 2. The molecule has 1 fully saturated rings. The van der Waals surface area contributed by atoms with Gasteiger partial charge in [-0.3, -0.25) is 9.59 Å². The van der Waals surface area contributed by atoms with E-state index in [1.54, 1.807) is 7.11 Å². The van der Waals surface area contributed by atoms with Gasteiger partial charge in [0, 0.05) is 32.2 Å². The number of carbonyl (C=O) groups is 2. The number of hydrogen-bond donors (Lipinski definition) is 2. The minimum absolute atomic E-state index is 0.0577. The molecule has 2 aromatic rings. The maximum absolute atomic E-state index is 12.5. The molecule has 1 saturated heterocycles. The molecule has 2 unspecified atom stereocenters. The fourth-order valence-electron chi connectivity index (χ4n) is 3.72. The van der Waals surface area contributed by atoms with Gasteiger partial charge in [-0.25, -0.2) is 0 Å². The first kappa shape index (κ1) is 20.7. The SMILES string of the molecule is COc1ccc(C(CC(=O)NCC2CCN(c3ccccc3)C2)NC(C)=O)cc1. The molecule has 0 bridgehead atoms. The van der Waals surface area contributed by atoms with E-state index in [0.717, 1.165) is 30.8 Å². The van der Waals surface area contributed by atoms with E-state index in [1.165, 1.54) is 12.6 Å². The minimum Gasteiger partial charge on any atom is -0.497 e. The lowest BCUT2D eigenvalue weighted by Gasteiger charge is -2.20. The zero-order valence-electron chi connectivity index (χ0n) is 17.1. The van der Waals surface area contributed by atoms with Crippen molar-refractivity contribution < 1.29 is 14.3 Å². The molecule has 154 valence electrons. The molecule has 2 atom stereocenters. The molecule has 0 spiro atoms. The number of para-hydroxylation sites is 1. The highest BCUT2D eigenvalue weighted by Crippen LogP contribution is 2.23. The molecule has 0 saturated carbocycles. The number of benzene rings is 2. The number of nitrogens with one attached hydrogen (secondary N) is 2. The summed E-state index contributed by atoms with van der Waals surface area (Å²) in [5.74, 6) is 0.953. The van der Waals surface area contributed by atoms with Crippen LogP contribution >= 0.6 is 0 Å². The highest BCUT2D eigenvalue weighted by atomic mass is 16.5. The van der Waals surface area contributed by atoms with Gasteiger partial charge < -0.3 is 20.3 Å². The van der Waals surface area contributed by atoms with Crippen LogP contribution in [0.1, 0.15) is 31.4 Å². The Bertz CT molecular complexity index is 808. The zero-order chi connectivity index (χ0) is 20.6. The van der Waals surface area contributed by atoms with Crippen molar-refractivity contribution in [3.05, 3.63) is 60.2 Å². The number of nitrogens with zero attached hydrogens (tertiary/aromatic N) is 1. The van der Waals surface area contributed by atoms with Gasteiger partial charge in [-0.05, 0) is 42.2 Å². The monoisotopic (exact) mass is 395 g/mol. The van der Waals surface area contributed by atoms with E-state index in [0.29, 0.717) is 12.5 Å². The maximum Gasteiger partial charge on any atom is 0.222 e. The minimum atomic E-state index is -0.359. The molecular formula is C23H29N3O3. The molecular weight excluding hydrogens is 366 g/mol. The van der Waals surface area contributed by atoms with Crippen LogP contribution in [-0.2, 0) is 9.59 Å². The second-order valence-corrected chi connectivity index (χ2v) is 7.47. The Hall–Kier alpha value is -3.02. The van der Waals surface area contributed by atoms with Crippen LogP contribution in [-0.4, -0.2) is 38.6 Å². The number of anilines is 1. The molecule has 1 aliphatic heterocycles. The van der Waals surface area contributed by atoms with E-state index in [9.17, 15) is 9.59 Å². The summed E-state index contributed by atoms with van der Waals surface area (Å²) in [7, 11) is 1.61. The van der Waals surface area contributed by atoms with Gasteiger partial charge in [0.2, 0.25) is 11.8 Å². The number of amides is 2. The van der Waals surface area contributed by atoms with Crippen molar-refractivity contribution in [2.75, 3.05) is 31.6 Å². The first-order valence-corrected chi connectivity index (χ1v) is 10.0. The summed E-state index contributed by atoms with van der Waals surface area (Å²) >= 11 is 0. The topological polar surface area (TPSA) is 70.7 Å². The highest BCUT2D eigenvalue weighted by Gasteiger charge is 2.24. The van der Waals surface area contributed by atoms with Crippen molar-refractivity contribution in [3.8, 4) is 5.75 Å². The van der Waals surface area contributed by atoms with Gasteiger partial charge in [0.05, 0.1) is 19.6 Å². The van der Waals surface area contributed by atoms with Crippen LogP contribution in [0.4, 0.5) is 5.69 Å². The lowest BCUT2D eigenvalue weighted by Crippen LogP contribution is -2.35. The van der Waals surface area contributed by atoms with Crippen molar-refractivity contribution in [1.82, 2.24) is 10.6 Å². The Balaban J connectivity index is 1.51. The smallest absolute Gasteiger partial charge is 0.222 e. The molecule has 6 nitrogen and oxygen atoms in total. The van der Waals surface area contributed by atoms with Crippen molar-refractivity contribution in [3.63, 3.8) is 0 Å². The molecule has 0 aliphatic carbocycles. The summed E-state index contributed by atoms with van der Waals surface area (Å²) in [4.78, 5) is 26.5. The molecule has 2 N–H and O–H groups in total. The van der Waals surface area contributed by atoms with Crippen LogP contribution in [0, 0.1) is 5.92 Å². The number of ether oxygens (including phenoxy) is 1. The van der Waals surface area contributed by atoms with Gasteiger partial charge in [-0.15, -0.1) is 0 Å². The van der Waals surface area contributed by atoms with E-state index < -0.39 is 0 Å². The number of rotatable bonds is 8. The van der Waals surface area contributed by atoms with Crippen LogP contribution in [0.2, 0.25) is 0 Å². The summed E-state index contributed by atoms with van der Waals surface area (Å²) in [6.07, 6.45) is 1.27. The quantitative estimate of drug-likeness (QED) is 0.721. The van der Waals surface area contributed by atoms with Crippen LogP contribution in [0.3, 0.4) is 0 Å². The first-order valence-electron chi connectivity index (χ1n) is 10.0. The van der Waals surface area contributed by atoms with E-state index >= 15 is 0 Å². The maximum atomic E-state index is 12.5. The predicted octanol–water partition coefficient (Wildman–Crippen LogP) is 2.91. The number of methoxy groups -OCH3 is 1. The summed E-state index contributed by atoms with van der Waals surface area (Å²) < 4.78 is 5.18. The van der Waals surface area contributed by atoms with Crippen molar-refractivity contribution in [2.45, 2.75) is 25.8 Å². The van der Waals surface area contributed by atoms with Crippen LogP contribution < -0.4 is 20.3 Å². The fraction of sp³-hybridized carbons (Fsp3) is 0.391. The Labute approximate surface area is 172 Å². The van der Waals surface area contributed by atoms with Crippen molar-refractivity contribution >= 4 is 17.5 Å². The molecule has 2 aromatic carbocycles.